The smallest absolute Gasteiger partial charge is 0.124 e. The van der Waals surface area contributed by atoms with Crippen LogP contribution in [0.15, 0.2) is 17.0 Å². The summed E-state index contributed by atoms with van der Waals surface area (Å²) in [6.07, 6.45) is 8.88. The zero-order chi connectivity index (χ0) is 8.39. The molecule has 0 radical (unpaired) electrons. The van der Waals surface area contributed by atoms with E-state index in [0.29, 0.717) is 5.92 Å². The first-order chi connectivity index (χ1) is 5.86. The minimum absolute atomic E-state index is 0.662. The third-order valence-electron chi connectivity index (χ3n) is 2.40. The average Bonchev–Trinajstić information content (AvgIpc) is 2.56. The van der Waals surface area contributed by atoms with Gasteiger partial charge >= 0.3 is 0 Å². The molecule has 2 rings (SSSR count). The maximum atomic E-state index is 4.41. The first kappa shape index (κ1) is 8.17. The summed E-state index contributed by atoms with van der Waals surface area (Å²) in [5.74, 6) is 0.662. The first-order valence-corrected chi connectivity index (χ1v) is 5.13. The molecule has 1 aromatic heterocycles. The standard InChI is InChI=1S/C9H11BrN2/c10-9-6-11-5-8(12-9)7-3-1-2-4-7/h5-7H,1-4H2. The van der Waals surface area contributed by atoms with E-state index in [0.717, 1.165) is 10.3 Å². The van der Waals surface area contributed by atoms with Gasteiger partial charge in [0.05, 0.1) is 11.9 Å². The Morgan fingerprint density at radius 1 is 1.25 bits per heavy atom. The van der Waals surface area contributed by atoms with E-state index in [4.69, 9.17) is 0 Å². The number of rotatable bonds is 1. The second-order valence-corrected chi connectivity index (χ2v) is 4.06. The summed E-state index contributed by atoms with van der Waals surface area (Å²) in [7, 11) is 0. The molecule has 1 saturated carbocycles. The Labute approximate surface area is 80.6 Å². The van der Waals surface area contributed by atoms with Crippen LogP contribution in [0.1, 0.15) is 37.3 Å². The van der Waals surface area contributed by atoms with Gasteiger partial charge in [-0.1, -0.05) is 12.8 Å². The van der Waals surface area contributed by atoms with Crippen LogP contribution in [0, 0.1) is 0 Å². The van der Waals surface area contributed by atoms with Gasteiger partial charge in [-0.3, -0.25) is 4.98 Å². The Hall–Kier alpha value is -0.440. The molecule has 0 bridgehead atoms. The normalized spacial score (nSPS) is 18.4. The highest BCUT2D eigenvalue weighted by Gasteiger charge is 2.18. The Kier molecular flexibility index (Phi) is 2.40. The van der Waals surface area contributed by atoms with Gasteiger partial charge in [0, 0.05) is 12.1 Å². The summed E-state index contributed by atoms with van der Waals surface area (Å²) in [6.45, 7) is 0. The monoisotopic (exact) mass is 226 g/mol. The van der Waals surface area contributed by atoms with Gasteiger partial charge in [-0.15, -0.1) is 0 Å². The van der Waals surface area contributed by atoms with Crippen molar-refractivity contribution in [3.05, 3.63) is 22.7 Å². The fourth-order valence-electron chi connectivity index (χ4n) is 1.77. The van der Waals surface area contributed by atoms with Crippen molar-refractivity contribution in [1.29, 1.82) is 0 Å². The van der Waals surface area contributed by atoms with Crippen LogP contribution in [0.2, 0.25) is 0 Å². The minimum Gasteiger partial charge on any atom is -0.260 e. The van der Waals surface area contributed by atoms with E-state index in [1.165, 1.54) is 25.7 Å². The number of nitrogens with zero attached hydrogens (tertiary/aromatic N) is 2. The van der Waals surface area contributed by atoms with Crippen LogP contribution in [-0.4, -0.2) is 9.97 Å². The molecule has 0 N–H and O–H groups in total. The van der Waals surface area contributed by atoms with Crippen LogP contribution in [0.4, 0.5) is 0 Å². The molecular formula is C9H11BrN2. The quantitative estimate of drug-likeness (QED) is 0.737. The fourth-order valence-corrected chi connectivity index (χ4v) is 2.10. The lowest BCUT2D eigenvalue weighted by Gasteiger charge is -2.06. The fraction of sp³-hybridized carbons (Fsp3) is 0.556. The molecule has 0 unspecified atom stereocenters. The molecule has 0 aromatic carbocycles. The lowest BCUT2D eigenvalue weighted by Crippen LogP contribution is -1.97. The van der Waals surface area contributed by atoms with E-state index in [1.54, 1.807) is 6.20 Å². The third kappa shape index (κ3) is 1.66. The lowest BCUT2D eigenvalue weighted by atomic mass is 10.1. The van der Waals surface area contributed by atoms with Crippen molar-refractivity contribution < 1.29 is 0 Å². The summed E-state index contributed by atoms with van der Waals surface area (Å²) in [6, 6.07) is 0. The molecular weight excluding hydrogens is 216 g/mol. The van der Waals surface area contributed by atoms with Gasteiger partial charge in [0.1, 0.15) is 4.60 Å². The molecule has 0 spiro atoms. The molecule has 3 heteroatoms. The van der Waals surface area contributed by atoms with Crippen LogP contribution in [0.25, 0.3) is 0 Å². The predicted octanol–water partition coefficient (Wildman–Crippen LogP) is 2.90. The van der Waals surface area contributed by atoms with E-state index in [1.807, 2.05) is 6.20 Å². The third-order valence-corrected chi connectivity index (χ3v) is 2.78. The van der Waals surface area contributed by atoms with Gasteiger partial charge in [-0.05, 0) is 28.8 Å². The van der Waals surface area contributed by atoms with Crippen LogP contribution >= 0.6 is 15.9 Å². The summed E-state index contributed by atoms with van der Waals surface area (Å²) < 4.78 is 0.854. The van der Waals surface area contributed by atoms with E-state index in [2.05, 4.69) is 25.9 Å². The molecule has 0 atom stereocenters. The highest BCUT2D eigenvalue weighted by Crippen LogP contribution is 2.32. The second-order valence-electron chi connectivity index (χ2n) is 3.25. The number of hydrogen-bond donors (Lipinski definition) is 0. The Bertz CT molecular complexity index is 269. The topological polar surface area (TPSA) is 25.8 Å². The van der Waals surface area contributed by atoms with Gasteiger partial charge < -0.3 is 0 Å². The van der Waals surface area contributed by atoms with Crippen molar-refractivity contribution in [3.8, 4) is 0 Å². The van der Waals surface area contributed by atoms with Crippen LogP contribution in [0.5, 0.6) is 0 Å². The maximum Gasteiger partial charge on any atom is 0.124 e. The second kappa shape index (κ2) is 3.52. The van der Waals surface area contributed by atoms with Gasteiger partial charge in [0.25, 0.3) is 0 Å². The van der Waals surface area contributed by atoms with Crippen molar-refractivity contribution >= 4 is 15.9 Å². The van der Waals surface area contributed by atoms with Crippen molar-refractivity contribution in [2.45, 2.75) is 31.6 Å². The SMILES string of the molecule is Brc1cncc(C2CCCC2)n1. The molecule has 1 heterocycles. The number of halogens is 1. The lowest BCUT2D eigenvalue weighted by molar-refractivity contribution is 0.689. The highest BCUT2D eigenvalue weighted by atomic mass is 79.9. The molecule has 0 saturated heterocycles. The zero-order valence-electron chi connectivity index (χ0n) is 6.83. The molecule has 1 aliphatic carbocycles. The molecule has 0 amide bonds. The molecule has 1 fully saturated rings. The van der Waals surface area contributed by atoms with Crippen LogP contribution in [-0.2, 0) is 0 Å². The number of aromatic nitrogens is 2. The Balaban J connectivity index is 2.21. The molecule has 2 nitrogen and oxygen atoms in total. The van der Waals surface area contributed by atoms with Gasteiger partial charge in [-0.25, -0.2) is 4.98 Å². The summed E-state index contributed by atoms with van der Waals surface area (Å²) in [5.41, 5.74) is 1.15. The van der Waals surface area contributed by atoms with Crippen LogP contribution in [0.3, 0.4) is 0 Å². The zero-order valence-corrected chi connectivity index (χ0v) is 8.42. The van der Waals surface area contributed by atoms with Crippen molar-refractivity contribution in [1.82, 2.24) is 9.97 Å². The Morgan fingerprint density at radius 2 is 2.00 bits per heavy atom. The van der Waals surface area contributed by atoms with Gasteiger partial charge in [0.15, 0.2) is 0 Å². The molecule has 0 aliphatic heterocycles. The highest BCUT2D eigenvalue weighted by molar-refractivity contribution is 9.10. The molecule has 64 valence electrons. The molecule has 1 aliphatic rings. The largest absolute Gasteiger partial charge is 0.260 e. The predicted molar refractivity (Wildman–Crippen MR) is 50.9 cm³/mol. The molecule has 1 aromatic rings. The molecule has 12 heavy (non-hydrogen) atoms. The van der Waals surface area contributed by atoms with E-state index >= 15 is 0 Å². The number of hydrogen-bond acceptors (Lipinski definition) is 2. The summed E-state index contributed by atoms with van der Waals surface area (Å²) in [5, 5.41) is 0. The Morgan fingerprint density at radius 3 is 2.67 bits per heavy atom. The van der Waals surface area contributed by atoms with Crippen molar-refractivity contribution in [3.63, 3.8) is 0 Å². The maximum absolute atomic E-state index is 4.41. The minimum atomic E-state index is 0.662. The summed E-state index contributed by atoms with van der Waals surface area (Å²) in [4.78, 5) is 8.53. The van der Waals surface area contributed by atoms with Crippen molar-refractivity contribution in [2.75, 3.05) is 0 Å². The van der Waals surface area contributed by atoms with E-state index in [-0.39, 0.29) is 0 Å². The van der Waals surface area contributed by atoms with Crippen molar-refractivity contribution in [2.24, 2.45) is 0 Å². The summed E-state index contributed by atoms with van der Waals surface area (Å²) >= 11 is 3.34. The average molecular weight is 227 g/mol. The first-order valence-electron chi connectivity index (χ1n) is 4.34. The van der Waals surface area contributed by atoms with Gasteiger partial charge in [-0.2, -0.15) is 0 Å². The van der Waals surface area contributed by atoms with Gasteiger partial charge in [0.2, 0.25) is 0 Å². The van der Waals surface area contributed by atoms with E-state index in [9.17, 15) is 0 Å². The van der Waals surface area contributed by atoms with Crippen LogP contribution < -0.4 is 0 Å². The van der Waals surface area contributed by atoms with E-state index < -0.39 is 0 Å².